The standard InChI is InChI=1S/C18H21FN6O3/c1-11(25-6-5-22-23-25)7-17(20)15-4-3-13(8-16(15)19)24-10-14(28-18(24)27)9-21-12(2)26/h3-6,8,11,14,20H,7,9-10H2,1-2H3,(H,21,26)/t11-,14-/m0/s1. The second kappa shape index (κ2) is 8.15. The van der Waals surface area contributed by atoms with E-state index in [1.165, 1.54) is 24.0 Å². The molecule has 2 amide bonds. The quantitative estimate of drug-likeness (QED) is 0.704. The molecule has 28 heavy (non-hydrogen) atoms. The Bertz CT molecular complexity index is 885. The summed E-state index contributed by atoms with van der Waals surface area (Å²) in [5, 5.41) is 18.4. The van der Waals surface area contributed by atoms with E-state index in [0.29, 0.717) is 5.69 Å². The lowest BCUT2D eigenvalue weighted by molar-refractivity contribution is -0.119. The number of carbonyl (C=O) groups excluding carboxylic acids is 2. The predicted octanol–water partition coefficient (Wildman–Crippen LogP) is 1.90. The van der Waals surface area contributed by atoms with Gasteiger partial charge in [-0.2, -0.15) is 0 Å². The zero-order valence-corrected chi connectivity index (χ0v) is 15.6. The van der Waals surface area contributed by atoms with E-state index in [1.807, 2.05) is 6.92 Å². The number of hydrogen-bond acceptors (Lipinski definition) is 6. The molecule has 1 aromatic heterocycles. The first-order valence-electron chi connectivity index (χ1n) is 8.81. The van der Waals surface area contributed by atoms with Crippen LogP contribution in [0.3, 0.4) is 0 Å². The molecule has 0 unspecified atom stereocenters. The summed E-state index contributed by atoms with van der Waals surface area (Å²) in [6.45, 7) is 3.65. The van der Waals surface area contributed by atoms with Crippen LogP contribution in [0, 0.1) is 11.2 Å². The highest BCUT2D eigenvalue weighted by atomic mass is 19.1. The number of aromatic nitrogens is 3. The summed E-state index contributed by atoms with van der Waals surface area (Å²) in [4.78, 5) is 24.3. The molecule has 0 saturated carbocycles. The van der Waals surface area contributed by atoms with Crippen LogP contribution >= 0.6 is 0 Å². The molecule has 9 nitrogen and oxygen atoms in total. The Morgan fingerprint density at radius 1 is 1.50 bits per heavy atom. The van der Waals surface area contributed by atoms with Crippen LogP contribution in [-0.2, 0) is 9.53 Å². The largest absolute Gasteiger partial charge is 0.442 e. The van der Waals surface area contributed by atoms with Crippen molar-refractivity contribution in [3.63, 3.8) is 0 Å². The summed E-state index contributed by atoms with van der Waals surface area (Å²) in [5.74, 6) is -0.810. The van der Waals surface area contributed by atoms with E-state index < -0.39 is 18.0 Å². The molecular formula is C18H21FN6O3. The minimum absolute atomic E-state index is 0.125. The molecule has 1 saturated heterocycles. The molecule has 0 aliphatic carbocycles. The minimum Gasteiger partial charge on any atom is -0.442 e. The second-order valence-electron chi connectivity index (χ2n) is 6.63. The molecule has 0 spiro atoms. The van der Waals surface area contributed by atoms with Gasteiger partial charge in [0.1, 0.15) is 11.9 Å². The van der Waals surface area contributed by atoms with Gasteiger partial charge in [-0.3, -0.25) is 9.69 Å². The van der Waals surface area contributed by atoms with E-state index in [9.17, 15) is 14.0 Å². The maximum absolute atomic E-state index is 14.6. The number of amides is 2. The Morgan fingerprint density at radius 2 is 2.29 bits per heavy atom. The molecule has 1 aromatic carbocycles. The molecule has 2 heterocycles. The van der Waals surface area contributed by atoms with Gasteiger partial charge in [0.05, 0.1) is 31.0 Å². The number of hydrogen-bond donors (Lipinski definition) is 2. The van der Waals surface area contributed by atoms with Crippen molar-refractivity contribution in [1.29, 1.82) is 5.41 Å². The highest BCUT2D eigenvalue weighted by Crippen LogP contribution is 2.25. The average molecular weight is 388 g/mol. The summed E-state index contributed by atoms with van der Waals surface area (Å²) in [7, 11) is 0. The van der Waals surface area contributed by atoms with Crippen molar-refractivity contribution in [3.8, 4) is 0 Å². The number of nitrogens with zero attached hydrogens (tertiary/aromatic N) is 4. The normalized spacial score (nSPS) is 17.3. The molecule has 1 fully saturated rings. The van der Waals surface area contributed by atoms with Crippen LogP contribution in [0.1, 0.15) is 31.9 Å². The fourth-order valence-corrected chi connectivity index (χ4v) is 2.96. The van der Waals surface area contributed by atoms with Gasteiger partial charge in [0, 0.05) is 30.8 Å². The van der Waals surface area contributed by atoms with Gasteiger partial charge in [-0.05, 0) is 25.1 Å². The van der Waals surface area contributed by atoms with Crippen molar-refractivity contribution in [3.05, 3.63) is 42.0 Å². The van der Waals surface area contributed by atoms with Crippen LogP contribution in [0.5, 0.6) is 0 Å². The Kier molecular flexibility index (Phi) is 5.67. The number of anilines is 1. The molecule has 1 aliphatic heterocycles. The monoisotopic (exact) mass is 388 g/mol. The first-order chi connectivity index (χ1) is 13.3. The third-order valence-electron chi connectivity index (χ3n) is 4.43. The van der Waals surface area contributed by atoms with E-state index in [-0.39, 0.29) is 42.7 Å². The number of nitrogens with one attached hydrogen (secondary N) is 2. The Balaban J connectivity index is 1.67. The van der Waals surface area contributed by atoms with Gasteiger partial charge < -0.3 is 15.5 Å². The Morgan fingerprint density at radius 3 is 2.93 bits per heavy atom. The number of ether oxygens (including phenoxy) is 1. The molecule has 2 atom stereocenters. The topological polar surface area (TPSA) is 113 Å². The van der Waals surface area contributed by atoms with Crippen LogP contribution in [0.2, 0.25) is 0 Å². The molecule has 3 rings (SSSR count). The van der Waals surface area contributed by atoms with Crippen molar-refractivity contribution in [2.75, 3.05) is 18.0 Å². The first kappa shape index (κ1) is 19.5. The van der Waals surface area contributed by atoms with Crippen LogP contribution in [0.25, 0.3) is 0 Å². The van der Waals surface area contributed by atoms with Gasteiger partial charge >= 0.3 is 6.09 Å². The number of halogens is 1. The first-order valence-corrected chi connectivity index (χ1v) is 8.81. The second-order valence-corrected chi connectivity index (χ2v) is 6.63. The lowest BCUT2D eigenvalue weighted by atomic mass is 10.0. The van der Waals surface area contributed by atoms with Gasteiger partial charge in [0.15, 0.2) is 0 Å². The van der Waals surface area contributed by atoms with E-state index in [4.69, 9.17) is 10.1 Å². The van der Waals surface area contributed by atoms with E-state index in [1.54, 1.807) is 23.1 Å². The van der Waals surface area contributed by atoms with Gasteiger partial charge in [-0.1, -0.05) is 5.21 Å². The smallest absolute Gasteiger partial charge is 0.414 e. The molecule has 2 aromatic rings. The zero-order chi connectivity index (χ0) is 20.3. The van der Waals surface area contributed by atoms with Crippen LogP contribution in [-0.4, -0.2) is 51.9 Å². The zero-order valence-electron chi connectivity index (χ0n) is 15.6. The average Bonchev–Trinajstić information content (AvgIpc) is 3.29. The number of rotatable bonds is 7. The Hall–Kier alpha value is -3.30. The number of benzene rings is 1. The highest BCUT2D eigenvalue weighted by molar-refractivity contribution is 5.99. The van der Waals surface area contributed by atoms with Gasteiger partial charge in [0.2, 0.25) is 5.91 Å². The van der Waals surface area contributed by atoms with E-state index in [2.05, 4.69) is 15.6 Å². The van der Waals surface area contributed by atoms with Crippen LogP contribution < -0.4 is 10.2 Å². The van der Waals surface area contributed by atoms with Crippen molar-refractivity contribution in [1.82, 2.24) is 20.3 Å². The maximum Gasteiger partial charge on any atom is 0.414 e. The third-order valence-corrected chi connectivity index (χ3v) is 4.43. The van der Waals surface area contributed by atoms with Gasteiger partial charge in [0.25, 0.3) is 0 Å². The van der Waals surface area contributed by atoms with Crippen molar-refractivity contribution >= 4 is 23.4 Å². The summed E-state index contributed by atoms with van der Waals surface area (Å²) < 4.78 is 21.4. The molecule has 148 valence electrons. The van der Waals surface area contributed by atoms with E-state index >= 15 is 0 Å². The lowest BCUT2D eigenvalue weighted by Crippen LogP contribution is -2.33. The molecule has 0 bridgehead atoms. The lowest BCUT2D eigenvalue weighted by Gasteiger charge is -2.16. The molecular weight excluding hydrogens is 367 g/mol. The summed E-state index contributed by atoms with van der Waals surface area (Å²) in [5.41, 5.74) is 0.631. The van der Waals surface area contributed by atoms with Gasteiger partial charge in [-0.25, -0.2) is 13.9 Å². The van der Waals surface area contributed by atoms with Gasteiger partial charge in [-0.15, -0.1) is 5.10 Å². The molecule has 1 aliphatic rings. The van der Waals surface area contributed by atoms with E-state index in [0.717, 1.165) is 0 Å². The Labute approximate surface area is 161 Å². The summed E-state index contributed by atoms with van der Waals surface area (Å²) in [6.07, 6.45) is 2.42. The van der Waals surface area contributed by atoms with Crippen molar-refractivity contribution in [2.24, 2.45) is 0 Å². The predicted molar refractivity (Wildman–Crippen MR) is 98.9 cm³/mol. The SMILES string of the molecule is CC(=O)NC[C@H]1CN(c2ccc(C(=N)C[C@H](C)n3ccnn3)c(F)c2)C(=O)O1. The summed E-state index contributed by atoms with van der Waals surface area (Å²) >= 11 is 0. The number of carbonyl (C=O) groups is 2. The fourth-order valence-electron chi connectivity index (χ4n) is 2.96. The molecule has 0 radical (unpaired) electrons. The van der Waals surface area contributed by atoms with Crippen LogP contribution in [0.15, 0.2) is 30.6 Å². The highest BCUT2D eigenvalue weighted by Gasteiger charge is 2.32. The maximum atomic E-state index is 14.6. The van der Waals surface area contributed by atoms with Crippen molar-refractivity contribution < 1.29 is 18.7 Å². The fraction of sp³-hybridized carbons (Fsp3) is 0.389. The van der Waals surface area contributed by atoms with Crippen LogP contribution in [0.4, 0.5) is 14.9 Å². The third kappa shape index (κ3) is 4.33. The van der Waals surface area contributed by atoms with Crippen molar-refractivity contribution in [2.45, 2.75) is 32.4 Å². The number of cyclic esters (lactones) is 1. The minimum atomic E-state index is -0.600. The summed E-state index contributed by atoms with van der Waals surface area (Å²) in [6, 6.07) is 4.13. The molecule has 10 heteroatoms. The molecule has 2 N–H and O–H groups in total.